The van der Waals surface area contributed by atoms with E-state index in [2.05, 4.69) is 5.10 Å². The number of halogens is 1. The van der Waals surface area contributed by atoms with Gasteiger partial charge in [-0.3, -0.25) is 9.58 Å². The van der Waals surface area contributed by atoms with Crippen molar-refractivity contribution in [1.29, 1.82) is 0 Å². The van der Waals surface area contributed by atoms with E-state index in [4.69, 9.17) is 5.11 Å². The van der Waals surface area contributed by atoms with E-state index in [0.717, 1.165) is 17.0 Å². The molecular weight excluding hydrogens is 261 g/mol. The number of benzene rings is 1. The second kappa shape index (κ2) is 4.63. The Balaban J connectivity index is 1.94. The highest BCUT2D eigenvalue weighted by atomic mass is 19.1. The van der Waals surface area contributed by atoms with Gasteiger partial charge in [0.05, 0.1) is 30.5 Å². The van der Waals surface area contributed by atoms with Crippen molar-refractivity contribution in [1.82, 2.24) is 14.7 Å². The van der Waals surface area contributed by atoms with Crippen molar-refractivity contribution in [3.63, 3.8) is 0 Å². The summed E-state index contributed by atoms with van der Waals surface area (Å²) in [5, 5.41) is 13.6. The lowest BCUT2D eigenvalue weighted by Crippen LogP contribution is -2.44. The number of aromatic nitrogens is 2. The molecule has 0 radical (unpaired) electrons. The Morgan fingerprint density at radius 2 is 2.10 bits per heavy atom. The van der Waals surface area contributed by atoms with Gasteiger partial charge in [-0.2, -0.15) is 5.10 Å². The molecule has 5 nitrogen and oxygen atoms in total. The summed E-state index contributed by atoms with van der Waals surface area (Å²) < 4.78 is 14.7. The Labute approximate surface area is 115 Å². The summed E-state index contributed by atoms with van der Waals surface area (Å²) in [5.74, 6) is -0.289. The van der Waals surface area contributed by atoms with E-state index < -0.39 is 6.09 Å². The van der Waals surface area contributed by atoms with Crippen LogP contribution in [0.25, 0.3) is 11.3 Å². The first-order valence-corrected chi connectivity index (χ1v) is 6.37. The molecule has 1 amide bonds. The summed E-state index contributed by atoms with van der Waals surface area (Å²) in [7, 11) is 0. The van der Waals surface area contributed by atoms with Crippen LogP contribution in [0.1, 0.15) is 12.6 Å². The van der Waals surface area contributed by atoms with E-state index in [1.165, 1.54) is 17.0 Å². The summed E-state index contributed by atoms with van der Waals surface area (Å²) in [6.45, 7) is 2.71. The topological polar surface area (TPSA) is 58.4 Å². The van der Waals surface area contributed by atoms with Crippen molar-refractivity contribution < 1.29 is 14.3 Å². The monoisotopic (exact) mass is 275 g/mol. The maximum atomic E-state index is 12.9. The first-order chi connectivity index (χ1) is 9.54. The van der Waals surface area contributed by atoms with Crippen molar-refractivity contribution in [2.24, 2.45) is 0 Å². The fourth-order valence-electron chi connectivity index (χ4n) is 2.44. The van der Waals surface area contributed by atoms with Gasteiger partial charge < -0.3 is 5.11 Å². The zero-order chi connectivity index (χ0) is 14.3. The van der Waals surface area contributed by atoms with Crippen LogP contribution in [0.4, 0.5) is 9.18 Å². The van der Waals surface area contributed by atoms with Crippen LogP contribution in [-0.2, 0) is 13.1 Å². The third kappa shape index (κ3) is 2.13. The molecule has 1 aliphatic rings. The van der Waals surface area contributed by atoms with Gasteiger partial charge in [-0.1, -0.05) is 0 Å². The lowest BCUT2D eigenvalue weighted by molar-refractivity contribution is 0.105. The van der Waals surface area contributed by atoms with E-state index in [-0.39, 0.29) is 11.9 Å². The second-order valence-corrected chi connectivity index (χ2v) is 4.97. The molecule has 1 aromatic carbocycles. The van der Waals surface area contributed by atoms with Gasteiger partial charge in [0.1, 0.15) is 5.82 Å². The molecule has 104 valence electrons. The number of rotatable bonds is 1. The smallest absolute Gasteiger partial charge is 0.407 e. The normalized spacial score (nSPS) is 17.9. The minimum atomic E-state index is -0.923. The molecule has 20 heavy (non-hydrogen) atoms. The molecule has 0 aliphatic carbocycles. The largest absolute Gasteiger partial charge is 0.465 e. The number of carboxylic acid groups (broad SMARTS) is 1. The highest BCUT2D eigenvalue weighted by molar-refractivity contribution is 5.66. The number of carbonyl (C=O) groups is 1. The van der Waals surface area contributed by atoms with Crippen molar-refractivity contribution in [3.05, 3.63) is 41.8 Å². The molecule has 1 aromatic heterocycles. The van der Waals surface area contributed by atoms with E-state index in [1.54, 1.807) is 12.1 Å². The molecule has 0 unspecified atom stereocenters. The molecule has 2 heterocycles. The molecule has 1 aliphatic heterocycles. The summed E-state index contributed by atoms with van der Waals surface area (Å²) in [4.78, 5) is 12.5. The van der Waals surface area contributed by atoms with Gasteiger partial charge in [0.15, 0.2) is 0 Å². The number of fused-ring (bicyclic) bond motifs is 1. The summed E-state index contributed by atoms with van der Waals surface area (Å²) in [5.41, 5.74) is 2.41. The standard InChI is InChI=1S/C14H14FN3O2/c1-9-7-18-12(8-17(9)14(19)20)6-13(16-18)10-2-4-11(15)5-3-10/h2-6,9H,7-8H2,1H3,(H,19,20)/t9-/m1/s1. The minimum absolute atomic E-state index is 0.110. The average Bonchev–Trinajstić information content (AvgIpc) is 2.81. The fourth-order valence-corrected chi connectivity index (χ4v) is 2.44. The van der Waals surface area contributed by atoms with E-state index in [1.807, 2.05) is 17.7 Å². The van der Waals surface area contributed by atoms with Crippen LogP contribution in [0.5, 0.6) is 0 Å². The molecule has 3 rings (SSSR count). The van der Waals surface area contributed by atoms with Crippen molar-refractivity contribution >= 4 is 6.09 Å². The zero-order valence-electron chi connectivity index (χ0n) is 11.0. The van der Waals surface area contributed by atoms with Gasteiger partial charge in [-0.15, -0.1) is 0 Å². The van der Waals surface area contributed by atoms with Gasteiger partial charge in [0.2, 0.25) is 0 Å². The zero-order valence-corrected chi connectivity index (χ0v) is 11.0. The Bertz CT molecular complexity index is 651. The van der Waals surface area contributed by atoms with Gasteiger partial charge in [0, 0.05) is 5.56 Å². The van der Waals surface area contributed by atoms with Gasteiger partial charge in [-0.25, -0.2) is 9.18 Å². The van der Waals surface area contributed by atoms with Gasteiger partial charge in [0.25, 0.3) is 0 Å². The van der Waals surface area contributed by atoms with E-state index in [0.29, 0.717) is 13.1 Å². The number of hydrogen-bond acceptors (Lipinski definition) is 2. The molecule has 0 fully saturated rings. The highest BCUT2D eigenvalue weighted by Gasteiger charge is 2.27. The molecule has 1 atom stereocenters. The van der Waals surface area contributed by atoms with Crippen LogP contribution in [0.15, 0.2) is 30.3 Å². The molecule has 0 bridgehead atoms. The van der Waals surface area contributed by atoms with Crippen LogP contribution in [0, 0.1) is 5.82 Å². The molecule has 0 saturated carbocycles. The SMILES string of the molecule is C[C@@H]1Cn2nc(-c3ccc(F)cc3)cc2CN1C(=O)O. The molecule has 0 spiro atoms. The van der Waals surface area contributed by atoms with Gasteiger partial charge >= 0.3 is 6.09 Å². The Hall–Kier alpha value is -2.37. The highest BCUT2D eigenvalue weighted by Crippen LogP contribution is 2.24. The number of nitrogens with zero attached hydrogens (tertiary/aromatic N) is 3. The van der Waals surface area contributed by atoms with Crippen molar-refractivity contribution in [2.75, 3.05) is 0 Å². The predicted molar refractivity (Wildman–Crippen MR) is 70.7 cm³/mol. The third-order valence-electron chi connectivity index (χ3n) is 3.55. The number of hydrogen-bond donors (Lipinski definition) is 1. The number of amides is 1. The second-order valence-electron chi connectivity index (χ2n) is 4.97. The van der Waals surface area contributed by atoms with Crippen molar-refractivity contribution in [2.45, 2.75) is 26.1 Å². The molecule has 0 saturated heterocycles. The first kappa shape index (κ1) is 12.7. The molecule has 2 aromatic rings. The predicted octanol–water partition coefficient (Wildman–Crippen LogP) is 2.57. The Morgan fingerprint density at radius 1 is 1.40 bits per heavy atom. The average molecular weight is 275 g/mol. The summed E-state index contributed by atoms with van der Waals surface area (Å²) in [6.07, 6.45) is -0.923. The Morgan fingerprint density at radius 3 is 2.75 bits per heavy atom. The third-order valence-corrected chi connectivity index (χ3v) is 3.55. The summed E-state index contributed by atoms with van der Waals surface area (Å²) in [6, 6.07) is 7.86. The lowest BCUT2D eigenvalue weighted by atomic mass is 10.1. The van der Waals surface area contributed by atoms with Crippen LogP contribution in [0.2, 0.25) is 0 Å². The van der Waals surface area contributed by atoms with E-state index >= 15 is 0 Å². The summed E-state index contributed by atoms with van der Waals surface area (Å²) >= 11 is 0. The lowest BCUT2D eigenvalue weighted by Gasteiger charge is -2.31. The van der Waals surface area contributed by atoms with Crippen LogP contribution in [0.3, 0.4) is 0 Å². The Kier molecular flexibility index (Phi) is 2.93. The van der Waals surface area contributed by atoms with Crippen molar-refractivity contribution in [3.8, 4) is 11.3 Å². The van der Waals surface area contributed by atoms with Gasteiger partial charge in [-0.05, 0) is 37.3 Å². The molecular formula is C14H14FN3O2. The maximum absolute atomic E-state index is 12.9. The first-order valence-electron chi connectivity index (χ1n) is 6.37. The van der Waals surface area contributed by atoms with Crippen LogP contribution >= 0.6 is 0 Å². The minimum Gasteiger partial charge on any atom is -0.465 e. The quantitative estimate of drug-likeness (QED) is 0.870. The van der Waals surface area contributed by atoms with Crippen LogP contribution in [-0.4, -0.2) is 31.9 Å². The fraction of sp³-hybridized carbons (Fsp3) is 0.286. The molecule has 1 N–H and O–H groups in total. The van der Waals surface area contributed by atoms with E-state index in [9.17, 15) is 9.18 Å². The van der Waals surface area contributed by atoms with Crippen LogP contribution < -0.4 is 0 Å². The molecule has 6 heteroatoms. The maximum Gasteiger partial charge on any atom is 0.407 e.